The van der Waals surface area contributed by atoms with E-state index >= 15 is 0 Å². The molecule has 1 saturated heterocycles. The Bertz CT molecular complexity index is 295. The average Bonchev–Trinajstić information content (AvgIpc) is 2.80. The lowest BCUT2D eigenvalue weighted by Gasteiger charge is -2.33. The van der Waals surface area contributed by atoms with Gasteiger partial charge in [0.25, 0.3) is 0 Å². The van der Waals surface area contributed by atoms with Gasteiger partial charge in [-0.1, -0.05) is 6.92 Å². The van der Waals surface area contributed by atoms with Gasteiger partial charge in [-0.2, -0.15) is 13.2 Å². The highest BCUT2D eigenvalue weighted by molar-refractivity contribution is 5.80. The fourth-order valence-electron chi connectivity index (χ4n) is 1.83. The van der Waals surface area contributed by atoms with Crippen LogP contribution in [0.4, 0.5) is 13.2 Å². The molecule has 1 atom stereocenters. The van der Waals surface area contributed by atoms with Gasteiger partial charge in [-0.3, -0.25) is 4.79 Å². The Kier molecular flexibility index (Phi) is 2.64. The molecule has 2 N–H and O–H groups in total. The number of nitrogens with one attached hydrogen (secondary N) is 2. The maximum atomic E-state index is 12.6. The van der Waals surface area contributed by atoms with Crippen LogP contribution >= 0.6 is 0 Å². The van der Waals surface area contributed by atoms with Gasteiger partial charge < -0.3 is 10.6 Å². The van der Waals surface area contributed by atoms with Crippen molar-refractivity contribution in [1.29, 1.82) is 0 Å². The fourth-order valence-corrected chi connectivity index (χ4v) is 1.83. The topological polar surface area (TPSA) is 41.1 Å². The van der Waals surface area contributed by atoms with E-state index in [1.807, 2.05) is 0 Å². The van der Waals surface area contributed by atoms with Crippen LogP contribution in [0.25, 0.3) is 0 Å². The summed E-state index contributed by atoms with van der Waals surface area (Å²) >= 11 is 0. The zero-order valence-electron chi connectivity index (χ0n) is 9.03. The highest BCUT2D eigenvalue weighted by Gasteiger charge is 2.64. The molecular weight excluding hydrogens is 221 g/mol. The molecule has 2 fully saturated rings. The number of rotatable bonds is 3. The molecule has 0 spiro atoms. The van der Waals surface area contributed by atoms with Gasteiger partial charge in [-0.05, 0) is 31.8 Å². The van der Waals surface area contributed by atoms with Gasteiger partial charge in [0.15, 0.2) is 0 Å². The number of hydrogen-bond donors (Lipinski definition) is 2. The molecule has 0 radical (unpaired) electrons. The van der Waals surface area contributed by atoms with Gasteiger partial charge in [0.05, 0.1) is 0 Å². The molecule has 0 aromatic heterocycles. The molecule has 1 amide bonds. The molecule has 92 valence electrons. The summed E-state index contributed by atoms with van der Waals surface area (Å²) in [5.41, 5.74) is -1.92. The second-order valence-corrected chi connectivity index (χ2v) is 4.78. The molecule has 1 heterocycles. The van der Waals surface area contributed by atoms with Crippen LogP contribution in [-0.4, -0.2) is 30.7 Å². The molecular formula is C10H15F3N2O. The number of halogens is 3. The highest BCUT2D eigenvalue weighted by Crippen LogP contribution is 2.49. The summed E-state index contributed by atoms with van der Waals surface area (Å²) in [6.45, 7) is 3.12. The SMILES string of the molecule is CC(C(=O)NC1(C(F)(F)F)CC1)C1CNC1. The molecule has 2 rings (SSSR count). The van der Waals surface area contributed by atoms with Gasteiger partial charge in [0.2, 0.25) is 5.91 Å². The van der Waals surface area contributed by atoms with Crippen molar-refractivity contribution in [1.82, 2.24) is 10.6 Å². The van der Waals surface area contributed by atoms with E-state index in [9.17, 15) is 18.0 Å². The molecule has 0 aromatic rings. The summed E-state index contributed by atoms with van der Waals surface area (Å²) in [7, 11) is 0. The number of amides is 1. The first-order valence-corrected chi connectivity index (χ1v) is 5.45. The Morgan fingerprint density at radius 1 is 1.44 bits per heavy atom. The van der Waals surface area contributed by atoms with Gasteiger partial charge in [0.1, 0.15) is 5.54 Å². The van der Waals surface area contributed by atoms with Crippen LogP contribution in [0.5, 0.6) is 0 Å². The van der Waals surface area contributed by atoms with Gasteiger partial charge in [0, 0.05) is 5.92 Å². The average molecular weight is 236 g/mol. The van der Waals surface area contributed by atoms with Crippen LogP contribution in [0, 0.1) is 11.8 Å². The number of alkyl halides is 3. The van der Waals surface area contributed by atoms with Crippen LogP contribution < -0.4 is 10.6 Å². The molecule has 1 saturated carbocycles. The monoisotopic (exact) mass is 236 g/mol. The number of carbonyl (C=O) groups is 1. The maximum Gasteiger partial charge on any atom is 0.411 e. The Hall–Kier alpha value is -0.780. The van der Waals surface area contributed by atoms with Crippen LogP contribution in [0.15, 0.2) is 0 Å². The van der Waals surface area contributed by atoms with E-state index in [4.69, 9.17) is 0 Å². The Labute approximate surface area is 91.8 Å². The largest absolute Gasteiger partial charge is 0.411 e. The van der Waals surface area contributed by atoms with E-state index in [2.05, 4.69) is 10.6 Å². The van der Waals surface area contributed by atoms with Crippen LogP contribution in [0.1, 0.15) is 19.8 Å². The van der Waals surface area contributed by atoms with Crippen molar-refractivity contribution in [3.05, 3.63) is 0 Å². The summed E-state index contributed by atoms with van der Waals surface area (Å²) in [5.74, 6) is -0.647. The first-order valence-electron chi connectivity index (χ1n) is 5.45. The Balaban J connectivity index is 1.92. The second-order valence-electron chi connectivity index (χ2n) is 4.78. The molecule has 1 unspecified atom stereocenters. The lowest BCUT2D eigenvalue weighted by Crippen LogP contribution is -2.54. The molecule has 6 heteroatoms. The minimum Gasteiger partial charge on any atom is -0.342 e. The van der Waals surface area contributed by atoms with Crippen LogP contribution in [0.3, 0.4) is 0 Å². The third-order valence-electron chi connectivity index (χ3n) is 3.59. The predicted octanol–water partition coefficient (Wildman–Crippen LogP) is 1.05. The smallest absolute Gasteiger partial charge is 0.342 e. The van der Waals surface area contributed by atoms with Crippen molar-refractivity contribution in [2.45, 2.75) is 31.5 Å². The fraction of sp³-hybridized carbons (Fsp3) is 0.900. The molecule has 3 nitrogen and oxygen atoms in total. The van der Waals surface area contributed by atoms with Crippen molar-refractivity contribution in [3.63, 3.8) is 0 Å². The van der Waals surface area contributed by atoms with E-state index in [0.29, 0.717) is 13.1 Å². The van der Waals surface area contributed by atoms with Crippen molar-refractivity contribution < 1.29 is 18.0 Å². The minimum absolute atomic E-state index is 0.0118. The third kappa shape index (κ3) is 1.90. The van der Waals surface area contributed by atoms with E-state index in [-0.39, 0.29) is 24.7 Å². The molecule has 1 aliphatic heterocycles. The minimum atomic E-state index is -4.32. The first-order chi connectivity index (χ1) is 7.36. The van der Waals surface area contributed by atoms with Gasteiger partial charge >= 0.3 is 6.18 Å². The highest BCUT2D eigenvalue weighted by atomic mass is 19.4. The van der Waals surface area contributed by atoms with Crippen LogP contribution in [-0.2, 0) is 4.79 Å². The predicted molar refractivity (Wildman–Crippen MR) is 51.7 cm³/mol. The van der Waals surface area contributed by atoms with Gasteiger partial charge in [-0.25, -0.2) is 0 Å². The normalized spacial score (nSPS) is 25.8. The number of hydrogen-bond acceptors (Lipinski definition) is 2. The molecule has 16 heavy (non-hydrogen) atoms. The lowest BCUT2D eigenvalue weighted by molar-refractivity contribution is -0.171. The van der Waals surface area contributed by atoms with Crippen molar-refractivity contribution in [2.75, 3.05) is 13.1 Å². The van der Waals surface area contributed by atoms with Gasteiger partial charge in [-0.15, -0.1) is 0 Å². The quantitative estimate of drug-likeness (QED) is 0.769. The lowest BCUT2D eigenvalue weighted by atomic mass is 9.88. The van der Waals surface area contributed by atoms with E-state index in [1.165, 1.54) is 0 Å². The first kappa shape index (κ1) is 11.7. The maximum absolute atomic E-state index is 12.6. The molecule has 2 aliphatic rings. The summed E-state index contributed by atoms with van der Waals surface area (Å²) in [5, 5.41) is 5.17. The Morgan fingerprint density at radius 2 is 2.00 bits per heavy atom. The standard InChI is InChI=1S/C10H15F3N2O/c1-6(7-4-14-5-7)8(16)15-9(2-3-9)10(11,12)13/h6-7,14H,2-5H2,1H3,(H,15,16). The van der Waals surface area contributed by atoms with Crippen molar-refractivity contribution in [2.24, 2.45) is 11.8 Å². The van der Waals surface area contributed by atoms with Crippen molar-refractivity contribution >= 4 is 5.91 Å². The molecule has 0 aromatic carbocycles. The van der Waals surface area contributed by atoms with E-state index < -0.39 is 17.6 Å². The summed E-state index contributed by atoms with van der Waals surface area (Å²) in [6.07, 6.45) is -4.30. The van der Waals surface area contributed by atoms with E-state index in [0.717, 1.165) is 0 Å². The van der Waals surface area contributed by atoms with E-state index in [1.54, 1.807) is 6.92 Å². The summed E-state index contributed by atoms with van der Waals surface area (Å²) in [4.78, 5) is 11.6. The third-order valence-corrected chi connectivity index (χ3v) is 3.59. The zero-order chi connectivity index (χ0) is 12.0. The summed E-state index contributed by atoms with van der Waals surface area (Å²) in [6, 6.07) is 0. The molecule has 0 bridgehead atoms. The molecule has 1 aliphatic carbocycles. The number of carbonyl (C=O) groups excluding carboxylic acids is 1. The Morgan fingerprint density at radius 3 is 2.31 bits per heavy atom. The van der Waals surface area contributed by atoms with Crippen molar-refractivity contribution in [3.8, 4) is 0 Å². The van der Waals surface area contributed by atoms with Crippen LogP contribution in [0.2, 0.25) is 0 Å². The summed E-state index contributed by atoms with van der Waals surface area (Å²) < 4.78 is 37.8. The second kappa shape index (κ2) is 3.61. The zero-order valence-corrected chi connectivity index (χ0v) is 9.03.